The van der Waals surface area contributed by atoms with Crippen LogP contribution >= 0.6 is 11.3 Å². The van der Waals surface area contributed by atoms with Gasteiger partial charge in [-0.25, -0.2) is 4.98 Å². The molecule has 1 aliphatic heterocycles. The molecule has 1 unspecified atom stereocenters. The van der Waals surface area contributed by atoms with Crippen LogP contribution in [0.25, 0.3) is 0 Å². The zero-order valence-corrected chi connectivity index (χ0v) is 12.9. The fourth-order valence-electron chi connectivity index (χ4n) is 2.60. The topological polar surface area (TPSA) is 54.0 Å². The minimum absolute atomic E-state index is 0.0801. The predicted molar refractivity (Wildman–Crippen MR) is 84.3 cm³/mol. The number of hydrogen-bond donors (Lipinski definition) is 2. The van der Waals surface area contributed by atoms with E-state index in [1.165, 1.54) is 11.1 Å². The third-order valence-corrected chi connectivity index (χ3v) is 4.57. The summed E-state index contributed by atoms with van der Waals surface area (Å²) in [6.45, 7) is 3.40. The molecule has 21 heavy (non-hydrogen) atoms. The van der Waals surface area contributed by atoms with Crippen molar-refractivity contribution in [1.29, 1.82) is 0 Å². The fourth-order valence-corrected chi connectivity index (χ4v) is 3.25. The van der Waals surface area contributed by atoms with E-state index in [2.05, 4.69) is 33.1 Å². The average Bonchev–Trinajstić information content (AvgIpc) is 2.92. The largest absolute Gasteiger partial charge is 0.354 e. The molecule has 1 atom stereocenters. The number of aryl methyl sites for hydroxylation is 1. The number of thiazole rings is 1. The van der Waals surface area contributed by atoms with E-state index in [1.807, 2.05) is 19.1 Å². The molecule has 0 saturated heterocycles. The minimum atomic E-state index is -0.128. The van der Waals surface area contributed by atoms with Gasteiger partial charge in [0.25, 0.3) is 0 Å². The van der Waals surface area contributed by atoms with E-state index in [-0.39, 0.29) is 11.9 Å². The monoisotopic (exact) mass is 301 g/mol. The van der Waals surface area contributed by atoms with Crippen LogP contribution in [0.4, 0.5) is 0 Å². The highest BCUT2D eigenvalue weighted by Crippen LogP contribution is 2.16. The van der Waals surface area contributed by atoms with Gasteiger partial charge in [-0.15, -0.1) is 11.3 Å². The molecule has 2 aromatic rings. The molecule has 0 aliphatic carbocycles. The lowest BCUT2D eigenvalue weighted by atomic mass is 9.95. The van der Waals surface area contributed by atoms with Gasteiger partial charge in [-0.05, 0) is 24.5 Å². The van der Waals surface area contributed by atoms with Crippen LogP contribution in [0.2, 0.25) is 0 Å². The summed E-state index contributed by atoms with van der Waals surface area (Å²) >= 11 is 1.65. The van der Waals surface area contributed by atoms with Crippen molar-refractivity contribution in [3.63, 3.8) is 0 Å². The van der Waals surface area contributed by atoms with E-state index >= 15 is 0 Å². The summed E-state index contributed by atoms with van der Waals surface area (Å²) < 4.78 is 0. The van der Waals surface area contributed by atoms with Crippen molar-refractivity contribution in [2.45, 2.75) is 32.4 Å². The SMILES string of the molecule is Cc1nc(CCNC(=O)C2Cc3ccccc3CN2)cs1. The first kappa shape index (κ1) is 14.2. The van der Waals surface area contributed by atoms with E-state index in [4.69, 9.17) is 0 Å². The van der Waals surface area contributed by atoms with E-state index in [0.29, 0.717) is 6.54 Å². The first-order valence-corrected chi connectivity index (χ1v) is 8.09. The summed E-state index contributed by atoms with van der Waals surface area (Å²) in [5, 5.41) is 9.43. The Morgan fingerprint density at radius 2 is 2.24 bits per heavy atom. The van der Waals surface area contributed by atoms with Crippen LogP contribution in [-0.4, -0.2) is 23.5 Å². The number of amides is 1. The summed E-state index contributed by atoms with van der Waals surface area (Å²) in [5.74, 6) is 0.0801. The molecular formula is C16H19N3OS. The highest BCUT2D eigenvalue weighted by Gasteiger charge is 2.23. The van der Waals surface area contributed by atoms with Gasteiger partial charge in [0.1, 0.15) is 0 Å². The second-order valence-corrected chi connectivity index (χ2v) is 6.37. The summed E-state index contributed by atoms with van der Waals surface area (Å²) in [6, 6.07) is 8.16. The van der Waals surface area contributed by atoms with Gasteiger partial charge >= 0.3 is 0 Å². The maximum atomic E-state index is 12.2. The molecule has 3 rings (SSSR count). The Hall–Kier alpha value is -1.72. The van der Waals surface area contributed by atoms with Crippen molar-refractivity contribution in [2.24, 2.45) is 0 Å². The second-order valence-electron chi connectivity index (χ2n) is 5.31. The molecule has 0 fully saturated rings. The molecule has 0 saturated carbocycles. The molecule has 0 bridgehead atoms. The van der Waals surface area contributed by atoms with Crippen LogP contribution in [0.5, 0.6) is 0 Å². The number of nitrogens with zero attached hydrogens (tertiary/aromatic N) is 1. The zero-order chi connectivity index (χ0) is 14.7. The number of hydrogen-bond acceptors (Lipinski definition) is 4. The lowest BCUT2D eigenvalue weighted by molar-refractivity contribution is -0.123. The molecule has 110 valence electrons. The Kier molecular flexibility index (Phi) is 4.31. The van der Waals surface area contributed by atoms with Gasteiger partial charge in [0.2, 0.25) is 5.91 Å². The number of aromatic nitrogens is 1. The van der Waals surface area contributed by atoms with Gasteiger partial charge in [0.15, 0.2) is 0 Å². The number of nitrogens with one attached hydrogen (secondary N) is 2. The van der Waals surface area contributed by atoms with Crippen molar-refractivity contribution >= 4 is 17.2 Å². The summed E-state index contributed by atoms with van der Waals surface area (Å²) in [5.41, 5.74) is 3.62. The van der Waals surface area contributed by atoms with Crippen LogP contribution in [-0.2, 0) is 24.2 Å². The van der Waals surface area contributed by atoms with Gasteiger partial charge in [-0.2, -0.15) is 0 Å². The van der Waals surface area contributed by atoms with Gasteiger partial charge in [-0.1, -0.05) is 24.3 Å². The average molecular weight is 301 g/mol. The Balaban J connectivity index is 1.50. The minimum Gasteiger partial charge on any atom is -0.354 e. The Labute approximate surface area is 128 Å². The summed E-state index contributed by atoms with van der Waals surface area (Å²) in [7, 11) is 0. The third kappa shape index (κ3) is 3.49. The van der Waals surface area contributed by atoms with Crippen molar-refractivity contribution in [3.05, 3.63) is 51.5 Å². The molecule has 1 aromatic heterocycles. The zero-order valence-electron chi connectivity index (χ0n) is 12.1. The van der Waals surface area contributed by atoms with E-state index < -0.39 is 0 Å². The lowest BCUT2D eigenvalue weighted by Gasteiger charge is -2.25. The normalized spacial score (nSPS) is 17.3. The van der Waals surface area contributed by atoms with Crippen LogP contribution in [0.1, 0.15) is 21.8 Å². The molecule has 1 aliphatic rings. The third-order valence-electron chi connectivity index (χ3n) is 3.74. The number of rotatable bonds is 4. The standard InChI is InChI=1S/C16H19N3OS/c1-11-19-14(10-21-11)6-7-17-16(20)15-8-12-4-2-3-5-13(12)9-18-15/h2-5,10,15,18H,6-9H2,1H3,(H,17,20). The highest BCUT2D eigenvalue weighted by atomic mass is 32.1. The molecular weight excluding hydrogens is 282 g/mol. The van der Waals surface area contributed by atoms with Crippen LogP contribution in [0.15, 0.2) is 29.6 Å². The number of benzene rings is 1. The van der Waals surface area contributed by atoms with Crippen molar-refractivity contribution in [2.75, 3.05) is 6.54 Å². The number of fused-ring (bicyclic) bond motifs is 1. The van der Waals surface area contributed by atoms with Gasteiger partial charge < -0.3 is 10.6 Å². The summed E-state index contributed by atoms with van der Waals surface area (Å²) in [4.78, 5) is 16.6. The number of carbonyl (C=O) groups excluding carboxylic acids is 1. The first-order valence-electron chi connectivity index (χ1n) is 7.21. The molecule has 0 radical (unpaired) electrons. The maximum Gasteiger partial charge on any atom is 0.237 e. The van der Waals surface area contributed by atoms with Crippen molar-refractivity contribution < 1.29 is 4.79 Å². The summed E-state index contributed by atoms with van der Waals surface area (Å²) in [6.07, 6.45) is 1.55. The molecule has 4 nitrogen and oxygen atoms in total. The molecule has 2 heterocycles. The molecule has 2 N–H and O–H groups in total. The van der Waals surface area contributed by atoms with Gasteiger partial charge in [0.05, 0.1) is 16.7 Å². The quantitative estimate of drug-likeness (QED) is 0.906. The lowest BCUT2D eigenvalue weighted by Crippen LogP contribution is -2.48. The van der Waals surface area contributed by atoms with Gasteiger partial charge in [0, 0.05) is 24.9 Å². The van der Waals surface area contributed by atoms with Crippen LogP contribution in [0.3, 0.4) is 0 Å². The van der Waals surface area contributed by atoms with E-state index in [1.54, 1.807) is 11.3 Å². The molecule has 1 aromatic carbocycles. The van der Waals surface area contributed by atoms with Crippen molar-refractivity contribution in [1.82, 2.24) is 15.6 Å². The molecule has 0 spiro atoms. The smallest absolute Gasteiger partial charge is 0.237 e. The predicted octanol–water partition coefficient (Wildman–Crippen LogP) is 1.82. The van der Waals surface area contributed by atoms with Crippen molar-refractivity contribution in [3.8, 4) is 0 Å². The molecule has 5 heteroatoms. The highest BCUT2D eigenvalue weighted by molar-refractivity contribution is 7.09. The molecule has 1 amide bonds. The van der Waals surface area contributed by atoms with E-state index in [9.17, 15) is 4.79 Å². The first-order chi connectivity index (χ1) is 10.2. The van der Waals surface area contributed by atoms with Gasteiger partial charge in [-0.3, -0.25) is 4.79 Å². The van der Waals surface area contributed by atoms with Crippen LogP contribution in [0, 0.1) is 6.92 Å². The van der Waals surface area contributed by atoms with E-state index in [0.717, 1.165) is 30.1 Å². The Bertz CT molecular complexity index is 638. The Morgan fingerprint density at radius 1 is 1.43 bits per heavy atom. The second kappa shape index (κ2) is 6.37. The maximum absolute atomic E-state index is 12.2. The Morgan fingerprint density at radius 3 is 3.00 bits per heavy atom. The number of carbonyl (C=O) groups is 1. The van der Waals surface area contributed by atoms with Crippen LogP contribution < -0.4 is 10.6 Å². The fraction of sp³-hybridized carbons (Fsp3) is 0.375.